The van der Waals surface area contributed by atoms with E-state index in [4.69, 9.17) is 0 Å². The SMILES string of the molecule is CC1(C)C2CCC1(C)C(Nc1cccc3n[se]nc13)C2. The van der Waals surface area contributed by atoms with Gasteiger partial charge in [0, 0.05) is 0 Å². The predicted molar refractivity (Wildman–Crippen MR) is 83.1 cm³/mol. The standard InChI is InChI=1S/C16H21N3Se/c1-15(2)10-7-8-16(15,3)13(9-10)17-11-5-4-6-12-14(11)19-20-18-12/h4-6,10,13,17H,7-9H2,1-3H3. The third-order valence-electron chi connectivity index (χ3n) is 6.41. The van der Waals surface area contributed by atoms with E-state index in [1.165, 1.54) is 24.9 Å². The summed E-state index contributed by atoms with van der Waals surface area (Å²) in [7, 11) is 0. The minimum atomic E-state index is 0.0535. The molecular formula is C16H21N3Se. The van der Waals surface area contributed by atoms with Crippen LogP contribution in [-0.2, 0) is 0 Å². The monoisotopic (exact) mass is 335 g/mol. The minimum absolute atomic E-state index is 0.0535. The number of aromatic nitrogens is 2. The number of benzene rings is 1. The van der Waals surface area contributed by atoms with Gasteiger partial charge in [-0.1, -0.05) is 0 Å². The molecule has 3 unspecified atom stereocenters. The Morgan fingerprint density at radius 1 is 1.25 bits per heavy atom. The van der Waals surface area contributed by atoms with Gasteiger partial charge in [0.2, 0.25) is 0 Å². The van der Waals surface area contributed by atoms with Crippen LogP contribution >= 0.6 is 0 Å². The third-order valence-corrected chi connectivity index (χ3v) is 7.55. The molecule has 0 amide bonds. The van der Waals surface area contributed by atoms with E-state index >= 15 is 0 Å². The Morgan fingerprint density at radius 2 is 2.10 bits per heavy atom. The summed E-state index contributed by atoms with van der Waals surface area (Å²) in [4.78, 5) is 0. The zero-order chi connectivity index (χ0) is 14.0. The van der Waals surface area contributed by atoms with Gasteiger partial charge in [0.05, 0.1) is 0 Å². The Labute approximate surface area is 126 Å². The molecule has 0 radical (unpaired) electrons. The Morgan fingerprint density at radius 3 is 2.80 bits per heavy atom. The van der Waals surface area contributed by atoms with Gasteiger partial charge >= 0.3 is 126 Å². The molecular weight excluding hydrogens is 313 g/mol. The number of nitrogens with one attached hydrogen (secondary N) is 1. The second kappa shape index (κ2) is 4.08. The molecule has 20 heavy (non-hydrogen) atoms. The van der Waals surface area contributed by atoms with Crippen molar-refractivity contribution in [1.82, 2.24) is 7.96 Å². The summed E-state index contributed by atoms with van der Waals surface area (Å²) in [6.07, 6.45) is 4.05. The average molecular weight is 334 g/mol. The fraction of sp³-hybridized carbons (Fsp3) is 0.625. The molecule has 2 aliphatic carbocycles. The van der Waals surface area contributed by atoms with Crippen molar-refractivity contribution >= 4 is 31.7 Å². The molecule has 2 saturated carbocycles. The molecule has 2 bridgehead atoms. The summed E-state index contributed by atoms with van der Waals surface area (Å²) < 4.78 is 9.08. The summed E-state index contributed by atoms with van der Waals surface area (Å²) in [6, 6.07) is 6.92. The first kappa shape index (κ1) is 12.8. The Bertz CT molecular complexity index is 663. The van der Waals surface area contributed by atoms with Gasteiger partial charge in [0.15, 0.2) is 0 Å². The quantitative estimate of drug-likeness (QED) is 0.856. The Kier molecular flexibility index (Phi) is 2.62. The maximum absolute atomic E-state index is 4.60. The molecule has 4 heteroatoms. The zero-order valence-electron chi connectivity index (χ0n) is 12.3. The van der Waals surface area contributed by atoms with E-state index in [0.717, 1.165) is 17.0 Å². The first-order valence-corrected chi connectivity index (χ1v) is 9.03. The normalized spacial score (nSPS) is 34.8. The van der Waals surface area contributed by atoms with Crippen LogP contribution in [-0.4, -0.2) is 29.0 Å². The average Bonchev–Trinajstić information content (AvgIpc) is 3.02. The van der Waals surface area contributed by atoms with E-state index in [9.17, 15) is 0 Å². The van der Waals surface area contributed by atoms with E-state index in [1.54, 1.807) is 0 Å². The zero-order valence-corrected chi connectivity index (χ0v) is 14.0. The molecule has 1 aromatic heterocycles. The summed E-state index contributed by atoms with van der Waals surface area (Å²) in [5.41, 5.74) is 4.22. The molecule has 4 rings (SSSR count). The molecule has 1 aromatic carbocycles. The van der Waals surface area contributed by atoms with Gasteiger partial charge in [-0.15, -0.1) is 0 Å². The van der Waals surface area contributed by atoms with Crippen molar-refractivity contribution in [2.24, 2.45) is 16.7 Å². The molecule has 0 spiro atoms. The van der Waals surface area contributed by atoms with Crippen LogP contribution in [0, 0.1) is 16.7 Å². The van der Waals surface area contributed by atoms with Crippen LogP contribution in [0.1, 0.15) is 40.0 Å². The molecule has 1 heterocycles. The first-order chi connectivity index (χ1) is 9.52. The maximum atomic E-state index is 4.60. The third kappa shape index (κ3) is 1.52. The first-order valence-electron chi connectivity index (χ1n) is 7.50. The summed E-state index contributed by atoms with van der Waals surface area (Å²) in [6.45, 7) is 7.40. The van der Waals surface area contributed by atoms with Crippen LogP contribution in [0.15, 0.2) is 18.2 Å². The van der Waals surface area contributed by atoms with Crippen molar-refractivity contribution in [2.45, 2.75) is 46.1 Å². The molecule has 2 fully saturated rings. The molecule has 2 aliphatic rings. The van der Waals surface area contributed by atoms with Gasteiger partial charge in [0.25, 0.3) is 0 Å². The summed E-state index contributed by atoms with van der Waals surface area (Å²) >= 11 is 0.0535. The van der Waals surface area contributed by atoms with E-state index in [2.05, 4.69) is 52.2 Å². The van der Waals surface area contributed by atoms with Crippen LogP contribution in [0.5, 0.6) is 0 Å². The van der Waals surface area contributed by atoms with Gasteiger partial charge in [-0.05, 0) is 0 Å². The Hall–Kier alpha value is -0.861. The van der Waals surface area contributed by atoms with Gasteiger partial charge < -0.3 is 0 Å². The number of hydrogen-bond donors (Lipinski definition) is 1. The van der Waals surface area contributed by atoms with Crippen molar-refractivity contribution < 1.29 is 0 Å². The van der Waals surface area contributed by atoms with E-state index in [0.29, 0.717) is 16.9 Å². The van der Waals surface area contributed by atoms with Crippen LogP contribution in [0.3, 0.4) is 0 Å². The molecule has 1 N–H and O–H groups in total. The number of rotatable bonds is 2. The predicted octanol–water partition coefficient (Wildman–Crippen LogP) is 3.31. The molecule has 0 saturated heterocycles. The van der Waals surface area contributed by atoms with Crippen molar-refractivity contribution in [3.05, 3.63) is 18.2 Å². The number of nitrogens with zero attached hydrogens (tertiary/aromatic N) is 2. The molecule has 106 valence electrons. The molecule has 3 nitrogen and oxygen atoms in total. The molecule has 2 aromatic rings. The summed E-state index contributed by atoms with van der Waals surface area (Å²) in [5, 5.41) is 3.83. The number of anilines is 1. The van der Waals surface area contributed by atoms with Crippen LogP contribution < -0.4 is 5.32 Å². The van der Waals surface area contributed by atoms with Gasteiger partial charge in [-0.25, -0.2) is 0 Å². The van der Waals surface area contributed by atoms with Crippen molar-refractivity contribution in [3.8, 4) is 0 Å². The fourth-order valence-corrected chi connectivity index (χ4v) is 5.69. The Balaban J connectivity index is 1.69. The van der Waals surface area contributed by atoms with E-state index in [1.807, 2.05) is 0 Å². The second-order valence-electron chi connectivity index (χ2n) is 7.24. The van der Waals surface area contributed by atoms with Crippen LogP contribution in [0.4, 0.5) is 5.69 Å². The topological polar surface area (TPSA) is 37.8 Å². The molecule has 0 aliphatic heterocycles. The number of hydrogen-bond acceptors (Lipinski definition) is 3. The number of fused-ring (bicyclic) bond motifs is 3. The second-order valence-corrected chi connectivity index (χ2v) is 8.35. The van der Waals surface area contributed by atoms with Gasteiger partial charge in [-0.3, -0.25) is 0 Å². The van der Waals surface area contributed by atoms with Crippen LogP contribution in [0.2, 0.25) is 0 Å². The van der Waals surface area contributed by atoms with Crippen LogP contribution in [0.25, 0.3) is 11.0 Å². The fourth-order valence-electron chi connectivity index (χ4n) is 4.53. The van der Waals surface area contributed by atoms with Gasteiger partial charge in [-0.2, -0.15) is 0 Å². The van der Waals surface area contributed by atoms with E-state index < -0.39 is 0 Å². The van der Waals surface area contributed by atoms with Crippen molar-refractivity contribution in [1.29, 1.82) is 0 Å². The van der Waals surface area contributed by atoms with Crippen molar-refractivity contribution in [3.63, 3.8) is 0 Å². The molecule has 3 atom stereocenters. The van der Waals surface area contributed by atoms with Gasteiger partial charge in [0.1, 0.15) is 0 Å². The summed E-state index contributed by atoms with van der Waals surface area (Å²) in [5.74, 6) is 0.868. The van der Waals surface area contributed by atoms with E-state index in [-0.39, 0.29) is 15.0 Å². The van der Waals surface area contributed by atoms with Crippen molar-refractivity contribution in [2.75, 3.05) is 5.32 Å².